The minimum Gasteiger partial charge on any atom is -0.394 e. The predicted octanol–water partition coefficient (Wildman–Crippen LogP) is 2.45. The minimum absolute atomic E-state index is 0.0479. The first-order valence-electron chi connectivity index (χ1n) is 4.91. The fourth-order valence-corrected chi connectivity index (χ4v) is 2.50. The lowest BCUT2D eigenvalue weighted by molar-refractivity contribution is 0.281. The smallest absolute Gasteiger partial charge is 0.225 e. The summed E-state index contributed by atoms with van der Waals surface area (Å²) >= 11 is 7.42. The van der Waals surface area contributed by atoms with Gasteiger partial charge in [0.25, 0.3) is 0 Å². The number of hydrogen-bond acceptors (Lipinski definition) is 5. The van der Waals surface area contributed by atoms with Crippen molar-refractivity contribution in [2.45, 2.75) is 19.9 Å². The molecule has 0 radical (unpaired) electrons. The maximum atomic E-state index is 9.01. The van der Waals surface area contributed by atoms with Gasteiger partial charge in [-0.2, -0.15) is 0 Å². The number of nitrogens with one attached hydrogen (secondary N) is 1. The fourth-order valence-electron chi connectivity index (χ4n) is 1.40. The molecule has 0 aromatic carbocycles. The van der Waals surface area contributed by atoms with Crippen LogP contribution in [0.15, 0.2) is 6.07 Å². The van der Waals surface area contributed by atoms with E-state index in [9.17, 15) is 0 Å². The lowest BCUT2D eigenvalue weighted by atomic mass is 10.3. The van der Waals surface area contributed by atoms with E-state index in [0.717, 1.165) is 15.1 Å². The molecule has 0 saturated heterocycles. The summed E-state index contributed by atoms with van der Waals surface area (Å²) in [6.45, 7) is 3.94. The third kappa shape index (κ3) is 2.26. The van der Waals surface area contributed by atoms with Crippen LogP contribution in [0.25, 0.3) is 10.2 Å². The van der Waals surface area contributed by atoms with Crippen LogP contribution in [0.5, 0.6) is 0 Å². The van der Waals surface area contributed by atoms with E-state index in [0.29, 0.717) is 5.82 Å². The molecule has 2 heterocycles. The highest BCUT2D eigenvalue weighted by Crippen LogP contribution is 2.29. The van der Waals surface area contributed by atoms with Crippen molar-refractivity contribution in [1.29, 1.82) is 0 Å². The summed E-state index contributed by atoms with van der Waals surface area (Å²) in [7, 11) is 0. The van der Waals surface area contributed by atoms with Crippen molar-refractivity contribution in [3.63, 3.8) is 0 Å². The Kier molecular flexibility index (Phi) is 3.28. The van der Waals surface area contributed by atoms with Gasteiger partial charge in [0.1, 0.15) is 10.6 Å². The zero-order chi connectivity index (χ0) is 11.7. The second-order valence-corrected chi connectivity index (χ2v) is 5.22. The van der Waals surface area contributed by atoms with Crippen LogP contribution in [0.4, 0.5) is 5.82 Å². The number of anilines is 1. The van der Waals surface area contributed by atoms with Crippen LogP contribution in [0.1, 0.15) is 11.8 Å². The van der Waals surface area contributed by atoms with Gasteiger partial charge in [0.15, 0.2) is 0 Å². The van der Waals surface area contributed by atoms with E-state index in [2.05, 4.69) is 15.3 Å². The average Bonchev–Trinajstić information content (AvgIpc) is 2.58. The number of aryl methyl sites for hydroxylation is 1. The summed E-state index contributed by atoms with van der Waals surface area (Å²) < 4.78 is 0. The highest BCUT2D eigenvalue weighted by molar-refractivity contribution is 7.18. The second kappa shape index (κ2) is 4.53. The van der Waals surface area contributed by atoms with Crippen molar-refractivity contribution in [3.8, 4) is 0 Å². The molecular weight excluding hydrogens is 246 g/mol. The van der Waals surface area contributed by atoms with Gasteiger partial charge in [0, 0.05) is 10.9 Å². The van der Waals surface area contributed by atoms with Crippen LogP contribution in [0.3, 0.4) is 0 Å². The van der Waals surface area contributed by atoms with Gasteiger partial charge in [-0.3, -0.25) is 0 Å². The van der Waals surface area contributed by atoms with Gasteiger partial charge in [0.05, 0.1) is 12.0 Å². The molecule has 0 aliphatic carbocycles. The standard InChI is InChI=1S/C10H12ClN3OS/c1-5(4-15)12-8-7-3-6(2)16-9(7)14-10(11)13-8/h3,5,15H,4H2,1-2H3,(H,12,13,14). The first-order valence-corrected chi connectivity index (χ1v) is 6.10. The molecule has 0 spiro atoms. The van der Waals surface area contributed by atoms with Crippen LogP contribution >= 0.6 is 22.9 Å². The minimum atomic E-state index is -0.0608. The SMILES string of the molecule is Cc1cc2c(NC(C)CO)nc(Cl)nc2s1. The zero-order valence-corrected chi connectivity index (χ0v) is 10.6. The molecular formula is C10H12ClN3OS. The van der Waals surface area contributed by atoms with Crippen LogP contribution in [0.2, 0.25) is 5.28 Å². The average molecular weight is 258 g/mol. The van der Waals surface area contributed by atoms with Crippen molar-refractivity contribution in [1.82, 2.24) is 9.97 Å². The van der Waals surface area contributed by atoms with Gasteiger partial charge < -0.3 is 10.4 Å². The first-order chi connectivity index (χ1) is 7.60. The van der Waals surface area contributed by atoms with Gasteiger partial charge in [-0.05, 0) is 31.5 Å². The third-order valence-corrected chi connectivity index (χ3v) is 3.26. The lowest BCUT2D eigenvalue weighted by Crippen LogP contribution is -2.20. The lowest BCUT2D eigenvalue weighted by Gasteiger charge is -2.11. The van der Waals surface area contributed by atoms with Crippen molar-refractivity contribution in [2.24, 2.45) is 0 Å². The zero-order valence-electron chi connectivity index (χ0n) is 8.99. The van der Waals surface area contributed by atoms with Crippen LogP contribution in [0, 0.1) is 6.92 Å². The Bertz CT molecular complexity index is 514. The van der Waals surface area contributed by atoms with Gasteiger partial charge in [-0.25, -0.2) is 9.97 Å². The number of nitrogens with zero attached hydrogens (tertiary/aromatic N) is 2. The third-order valence-electron chi connectivity index (χ3n) is 2.15. The summed E-state index contributed by atoms with van der Waals surface area (Å²) in [5, 5.41) is 13.3. The van der Waals surface area contributed by atoms with Crippen LogP contribution in [-0.2, 0) is 0 Å². The summed E-state index contributed by atoms with van der Waals surface area (Å²) in [6, 6.07) is 1.96. The summed E-state index contributed by atoms with van der Waals surface area (Å²) in [5.41, 5.74) is 0. The highest BCUT2D eigenvalue weighted by atomic mass is 35.5. The molecule has 2 N–H and O–H groups in total. The van der Waals surface area contributed by atoms with E-state index in [4.69, 9.17) is 16.7 Å². The van der Waals surface area contributed by atoms with Gasteiger partial charge in [-0.15, -0.1) is 11.3 Å². The van der Waals surface area contributed by atoms with E-state index >= 15 is 0 Å². The first kappa shape index (κ1) is 11.6. The quantitative estimate of drug-likeness (QED) is 0.830. The van der Waals surface area contributed by atoms with E-state index in [-0.39, 0.29) is 17.9 Å². The summed E-state index contributed by atoms with van der Waals surface area (Å²) in [6.07, 6.45) is 0. The topological polar surface area (TPSA) is 58.0 Å². The van der Waals surface area contributed by atoms with E-state index in [1.807, 2.05) is 19.9 Å². The molecule has 0 fully saturated rings. The molecule has 0 aliphatic heterocycles. The molecule has 2 aromatic heterocycles. The Hall–Kier alpha value is -0.910. The Labute approximate surface area is 102 Å². The van der Waals surface area contributed by atoms with Crippen molar-refractivity contribution in [3.05, 3.63) is 16.2 Å². The number of aromatic nitrogens is 2. The van der Waals surface area contributed by atoms with Gasteiger partial charge >= 0.3 is 0 Å². The maximum Gasteiger partial charge on any atom is 0.225 e. The highest BCUT2D eigenvalue weighted by Gasteiger charge is 2.11. The number of thiophene rings is 1. The number of halogens is 1. The molecule has 86 valence electrons. The molecule has 0 aliphatic rings. The Morgan fingerprint density at radius 2 is 2.31 bits per heavy atom. The Balaban J connectivity index is 2.49. The molecule has 0 saturated carbocycles. The van der Waals surface area contributed by atoms with Crippen molar-refractivity contribution < 1.29 is 5.11 Å². The van der Waals surface area contributed by atoms with Gasteiger partial charge in [0.2, 0.25) is 5.28 Å². The van der Waals surface area contributed by atoms with Crippen molar-refractivity contribution >= 4 is 39.0 Å². The molecule has 6 heteroatoms. The molecule has 4 nitrogen and oxygen atoms in total. The van der Waals surface area contributed by atoms with Crippen molar-refractivity contribution in [2.75, 3.05) is 11.9 Å². The number of hydrogen-bond donors (Lipinski definition) is 2. The monoisotopic (exact) mass is 257 g/mol. The number of fused-ring (bicyclic) bond motifs is 1. The molecule has 1 unspecified atom stereocenters. The predicted molar refractivity (Wildman–Crippen MR) is 67.3 cm³/mol. The van der Waals surface area contributed by atoms with Crippen LogP contribution in [-0.4, -0.2) is 27.7 Å². The number of aliphatic hydroxyl groups is 1. The maximum absolute atomic E-state index is 9.01. The van der Waals surface area contributed by atoms with E-state index in [1.54, 1.807) is 11.3 Å². The molecule has 1 atom stereocenters. The molecule has 0 amide bonds. The summed E-state index contributed by atoms with van der Waals surface area (Å²) in [4.78, 5) is 10.3. The molecule has 0 bridgehead atoms. The molecule has 16 heavy (non-hydrogen) atoms. The van der Waals surface area contributed by atoms with E-state index in [1.165, 1.54) is 0 Å². The van der Waals surface area contributed by atoms with Gasteiger partial charge in [-0.1, -0.05) is 0 Å². The van der Waals surface area contributed by atoms with E-state index < -0.39 is 0 Å². The fraction of sp³-hybridized carbons (Fsp3) is 0.400. The largest absolute Gasteiger partial charge is 0.394 e. The Morgan fingerprint density at radius 3 is 3.00 bits per heavy atom. The molecule has 2 aromatic rings. The second-order valence-electron chi connectivity index (χ2n) is 3.65. The normalized spacial score (nSPS) is 13.0. The van der Waals surface area contributed by atoms with Crippen LogP contribution < -0.4 is 5.32 Å². The number of rotatable bonds is 3. The number of aliphatic hydroxyl groups excluding tert-OH is 1. The Morgan fingerprint density at radius 1 is 1.56 bits per heavy atom. The summed E-state index contributed by atoms with van der Waals surface area (Å²) in [5.74, 6) is 0.681. The molecule has 2 rings (SSSR count).